The molecule has 0 atom stereocenters. The van der Waals surface area contributed by atoms with E-state index in [9.17, 15) is 0 Å². The van der Waals surface area contributed by atoms with Crippen LogP contribution in [0.3, 0.4) is 0 Å². The van der Waals surface area contributed by atoms with Crippen molar-refractivity contribution in [2.75, 3.05) is 13.1 Å². The second kappa shape index (κ2) is 7.55. The van der Waals surface area contributed by atoms with Crippen LogP contribution in [-0.2, 0) is 13.0 Å². The van der Waals surface area contributed by atoms with Crippen LogP contribution in [0.2, 0.25) is 0 Å². The predicted molar refractivity (Wildman–Crippen MR) is 75.5 cm³/mol. The maximum atomic E-state index is 8.97. The van der Waals surface area contributed by atoms with Gasteiger partial charge in [0.2, 0.25) is 0 Å². The van der Waals surface area contributed by atoms with Crippen molar-refractivity contribution in [3.05, 3.63) is 35.4 Å². The zero-order chi connectivity index (χ0) is 12.6. The van der Waals surface area contributed by atoms with E-state index in [-0.39, 0.29) is 6.61 Å². The Labute approximate surface area is 110 Å². The van der Waals surface area contributed by atoms with Crippen LogP contribution in [-0.4, -0.2) is 18.2 Å². The first-order valence-electron chi connectivity index (χ1n) is 7.28. The van der Waals surface area contributed by atoms with Gasteiger partial charge >= 0.3 is 0 Å². The van der Waals surface area contributed by atoms with E-state index in [0.717, 1.165) is 24.4 Å². The molecular weight excluding hydrogens is 222 g/mol. The number of benzene rings is 1. The van der Waals surface area contributed by atoms with E-state index in [1.165, 1.54) is 44.2 Å². The Kier molecular flexibility index (Phi) is 5.69. The third-order valence-electron chi connectivity index (χ3n) is 3.95. The zero-order valence-corrected chi connectivity index (χ0v) is 11.2. The summed E-state index contributed by atoms with van der Waals surface area (Å²) in [5, 5.41) is 12.6. The maximum absolute atomic E-state index is 8.97. The van der Waals surface area contributed by atoms with Gasteiger partial charge in [0, 0.05) is 0 Å². The molecular formula is C16H25NO. The van der Waals surface area contributed by atoms with Gasteiger partial charge in [-0.1, -0.05) is 43.5 Å². The smallest absolute Gasteiger partial charge is 0.0681 e. The minimum absolute atomic E-state index is 0.139. The summed E-state index contributed by atoms with van der Waals surface area (Å²) in [6.45, 7) is 2.39. The summed E-state index contributed by atoms with van der Waals surface area (Å²) in [6, 6.07) is 8.26. The summed E-state index contributed by atoms with van der Waals surface area (Å²) in [7, 11) is 0. The second-order valence-corrected chi connectivity index (χ2v) is 5.43. The lowest BCUT2D eigenvalue weighted by Gasteiger charge is -2.21. The fraction of sp³-hybridized carbons (Fsp3) is 0.625. The number of aliphatic hydroxyl groups excluding tert-OH is 1. The van der Waals surface area contributed by atoms with Crippen molar-refractivity contribution in [2.24, 2.45) is 5.92 Å². The number of aliphatic hydroxyl groups is 1. The van der Waals surface area contributed by atoms with Crippen molar-refractivity contribution >= 4 is 0 Å². The molecule has 2 nitrogen and oxygen atoms in total. The Morgan fingerprint density at radius 1 is 1.00 bits per heavy atom. The van der Waals surface area contributed by atoms with Gasteiger partial charge in [0.1, 0.15) is 0 Å². The molecule has 0 aromatic heterocycles. The topological polar surface area (TPSA) is 32.3 Å². The number of hydrogen-bond donors (Lipinski definition) is 2. The van der Waals surface area contributed by atoms with Gasteiger partial charge in [-0.3, -0.25) is 0 Å². The van der Waals surface area contributed by atoms with E-state index in [1.807, 2.05) is 12.1 Å². The Balaban J connectivity index is 1.62. The van der Waals surface area contributed by atoms with Crippen molar-refractivity contribution in [3.8, 4) is 0 Å². The summed E-state index contributed by atoms with van der Waals surface area (Å²) in [5.41, 5.74) is 2.34. The summed E-state index contributed by atoms with van der Waals surface area (Å²) in [6.07, 6.45) is 8.20. The Hall–Kier alpha value is -0.860. The molecule has 1 aliphatic carbocycles. The van der Waals surface area contributed by atoms with Gasteiger partial charge in [-0.2, -0.15) is 0 Å². The molecule has 0 bridgehead atoms. The minimum Gasteiger partial charge on any atom is -0.392 e. The van der Waals surface area contributed by atoms with Gasteiger partial charge in [0.05, 0.1) is 6.61 Å². The average Bonchev–Trinajstić information content (AvgIpc) is 2.45. The first-order valence-corrected chi connectivity index (χ1v) is 7.28. The van der Waals surface area contributed by atoms with Gasteiger partial charge in [-0.15, -0.1) is 0 Å². The number of hydrogen-bond acceptors (Lipinski definition) is 2. The summed E-state index contributed by atoms with van der Waals surface area (Å²) in [4.78, 5) is 0. The third-order valence-corrected chi connectivity index (χ3v) is 3.95. The molecule has 0 spiro atoms. The van der Waals surface area contributed by atoms with Crippen molar-refractivity contribution in [3.63, 3.8) is 0 Å². The quantitative estimate of drug-likeness (QED) is 0.758. The standard InChI is InChI=1S/C16H25NO/c18-13-16-8-6-14(7-9-16)10-11-17-12-15-4-2-1-3-5-15/h6-9,15,17-18H,1-5,10-13H2. The highest BCUT2D eigenvalue weighted by atomic mass is 16.3. The number of rotatable bonds is 6. The van der Waals surface area contributed by atoms with Crippen LogP contribution in [0.4, 0.5) is 0 Å². The molecule has 0 saturated heterocycles. The predicted octanol–water partition coefficient (Wildman–Crippen LogP) is 2.89. The van der Waals surface area contributed by atoms with Gasteiger partial charge in [0.25, 0.3) is 0 Å². The van der Waals surface area contributed by atoms with Crippen molar-refractivity contribution in [2.45, 2.75) is 45.1 Å². The van der Waals surface area contributed by atoms with E-state index in [0.29, 0.717) is 0 Å². The van der Waals surface area contributed by atoms with E-state index >= 15 is 0 Å². The molecule has 2 N–H and O–H groups in total. The van der Waals surface area contributed by atoms with Crippen molar-refractivity contribution in [1.82, 2.24) is 5.32 Å². The highest BCUT2D eigenvalue weighted by Crippen LogP contribution is 2.22. The van der Waals surface area contributed by atoms with Crippen LogP contribution >= 0.6 is 0 Å². The first-order chi connectivity index (χ1) is 8.88. The van der Waals surface area contributed by atoms with Crippen LogP contribution < -0.4 is 5.32 Å². The van der Waals surface area contributed by atoms with Gasteiger partial charge in [-0.25, -0.2) is 0 Å². The molecule has 0 heterocycles. The second-order valence-electron chi connectivity index (χ2n) is 5.43. The molecule has 1 fully saturated rings. The van der Waals surface area contributed by atoms with Crippen LogP contribution in [0.1, 0.15) is 43.2 Å². The average molecular weight is 247 g/mol. The third kappa shape index (κ3) is 4.43. The van der Waals surface area contributed by atoms with Gasteiger partial charge in [-0.05, 0) is 49.4 Å². The summed E-state index contributed by atoms with van der Waals surface area (Å²) < 4.78 is 0. The highest BCUT2D eigenvalue weighted by Gasteiger charge is 2.12. The van der Waals surface area contributed by atoms with E-state index < -0.39 is 0 Å². The molecule has 0 amide bonds. The molecule has 2 heteroatoms. The van der Waals surface area contributed by atoms with Gasteiger partial charge in [0.15, 0.2) is 0 Å². The molecule has 1 aromatic carbocycles. The van der Waals surface area contributed by atoms with E-state index in [1.54, 1.807) is 0 Å². The van der Waals surface area contributed by atoms with Crippen LogP contribution in [0, 0.1) is 5.92 Å². The van der Waals surface area contributed by atoms with E-state index in [2.05, 4.69) is 17.4 Å². The number of nitrogens with one attached hydrogen (secondary N) is 1. The normalized spacial score (nSPS) is 16.9. The van der Waals surface area contributed by atoms with E-state index in [4.69, 9.17) is 5.11 Å². The highest BCUT2D eigenvalue weighted by molar-refractivity contribution is 5.22. The van der Waals surface area contributed by atoms with Crippen molar-refractivity contribution in [1.29, 1.82) is 0 Å². The minimum atomic E-state index is 0.139. The zero-order valence-electron chi connectivity index (χ0n) is 11.2. The molecule has 2 rings (SSSR count). The monoisotopic (exact) mass is 247 g/mol. The molecule has 1 aliphatic rings. The Morgan fingerprint density at radius 3 is 2.33 bits per heavy atom. The maximum Gasteiger partial charge on any atom is 0.0681 e. The summed E-state index contributed by atoms with van der Waals surface area (Å²) in [5.74, 6) is 0.913. The molecule has 1 aromatic rings. The largest absolute Gasteiger partial charge is 0.392 e. The van der Waals surface area contributed by atoms with Crippen LogP contribution in [0.15, 0.2) is 24.3 Å². The molecule has 0 unspecified atom stereocenters. The fourth-order valence-electron chi connectivity index (χ4n) is 2.74. The Morgan fingerprint density at radius 2 is 1.67 bits per heavy atom. The SMILES string of the molecule is OCc1ccc(CCNCC2CCCCC2)cc1. The summed E-state index contributed by atoms with van der Waals surface area (Å²) >= 11 is 0. The molecule has 100 valence electrons. The lowest BCUT2D eigenvalue weighted by molar-refractivity contribution is 0.282. The molecule has 18 heavy (non-hydrogen) atoms. The van der Waals surface area contributed by atoms with Gasteiger partial charge < -0.3 is 10.4 Å². The first kappa shape index (κ1) is 13.6. The van der Waals surface area contributed by atoms with Crippen molar-refractivity contribution < 1.29 is 5.11 Å². The molecule has 0 aliphatic heterocycles. The molecule has 1 saturated carbocycles. The fourth-order valence-corrected chi connectivity index (χ4v) is 2.74. The van der Waals surface area contributed by atoms with Crippen LogP contribution in [0.25, 0.3) is 0 Å². The molecule has 0 radical (unpaired) electrons. The Bertz CT molecular complexity index is 327. The lowest BCUT2D eigenvalue weighted by Crippen LogP contribution is -2.26. The van der Waals surface area contributed by atoms with Crippen LogP contribution in [0.5, 0.6) is 0 Å². The lowest BCUT2D eigenvalue weighted by atomic mass is 9.89.